The van der Waals surface area contributed by atoms with E-state index in [1.807, 2.05) is 51.1 Å². The van der Waals surface area contributed by atoms with Crippen molar-refractivity contribution in [2.75, 3.05) is 10.6 Å². The van der Waals surface area contributed by atoms with Crippen molar-refractivity contribution in [3.05, 3.63) is 82.8 Å². The molecule has 0 spiro atoms. The van der Waals surface area contributed by atoms with Crippen LogP contribution in [0, 0.1) is 26.6 Å². The molecule has 144 valence electrons. The minimum absolute atomic E-state index is 0.360. The molecule has 2 amide bonds. The Morgan fingerprint density at radius 3 is 2.32 bits per heavy atom. The highest BCUT2D eigenvalue weighted by atomic mass is 19.1. The number of hydrogen-bond donors (Lipinski definition) is 2. The number of ether oxygens (including phenoxy) is 1. The van der Waals surface area contributed by atoms with E-state index in [1.165, 1.54) is 24.3 Å². The zero-order chi connectivity index (χ0) is 20.1. The summed E-state index contributed by atoms with van der Waals surface area (Å²) in [4.78, 5) is 16.7. The zero-order valence-corrected chi connectivity index (χ0v) is 16.0. The van der Waals surface area contributed by atoms with E-state index in [1.54, 1.807) is 0 Å². The van der Waals surface area contributed by atoms with Crippen LogP contribution in [0.15, 0.2) is 54.6 Å². The van der Waals surface area contributed by atoms with Crippen molar-refractivity contribution < 1.29 is 13.9 Å². The molecule has 5 nitrogen and oxygen atoms in total. The summed E-state index contributed by atoms with van der Waals surface area (Å²) in [6.45, 7) is 6.11. The summed E-state index contributed by atoms with van der Waals surface area (Å²) in [5.74, 6) is 0.813. The molecule has 6 heteroatoms. The molecule has 2 N–H and O–H groups in total. The second-order valence-corrected chi connectivity index (χ2v) is 6.49. The van der Waals surface area contributed by atoms with Crippen LogP contribution in [0.25, 0.3) is 0 Å². The van der Waals surface area contributed by atoms with Crippen molar-refractivity contribution in [3.63, 3.8) is 0 Å². The van der Waals surface area contributed by atoms with E-state index in [9.17, 15) is 9.18 Å². The highest BCUT2D eigenvalue weighted by Gasteiger charge is 2.15. The molecule has 0 unspecified atom stereocenters. The number of halogens is 1. The lowest BCUT2D eigenvalue weighted by molar-refractivity contribution is 0.262. The number of urea groups is 1. The summed E-state index contributed by atoms with van der Waals surface area (Å²) in [5, 5.41) is 5.40. The quantitative estimate of drug-likeness (QED) is 0.626. The number of anilines is 2. The normalized spacial score (nSPS) is 10.4. The smallest absolute Gasteiger partial charge is 0.324 e. The third kappa shape index (κ3) is 4.65. The van der Waals surface area contributed by atoms with E-state index in [-0.39, 0.29) is 5.82 Å². The Morgan fingerprint density at radius 1 is 0.964 bits per heavy atom. The lowest BCUT2D eigenvalue weighted by Gasteiger charge is -2.17. The highest BCUT2D eigenvalue weighted by molar-refractivity contribution is 5.99. The summed E-state index contributed by atoms with van der Waals surface area (Å²) in [7, 11) is 0. The fraction of sp³-hybridized carbons (Fsp3) is 0.182. The molecular weight excluding hydrogens is 357 g/mol. The van der Waals surface area contributed by atoms with Gasteiger partial charge < -0.3 is 10.1 Å². The fourth-order valence-corrected chi connectivity index (χ4v) is 2.79. The number of hydrogen-bond acceptors (Lipinski definition) is 3. The van der Waals surface area contributed by atoms with Gasteiger partial charge in [-0.05, 0) is 61.7 Å². The molecule has 2 aromatic carbocycles. The lowest BCUT2D eigenvalue weighted by Crippen LogP contribution is -2.21. The van der Waals surface area contributed by atoms with Gasteiger partial charge in [0.1, 0.15) is 24.0 Å². The average molecular weight is 379 g/mol. The molecule has 3 rings (SSSR count). The molecule has 0 aliphatic rings. The predicted octanol–water partition coefficient (Wildman–Crippen LogP) is 5.37. The number of amides is 2. The predicted molar refractivity (Wildman–Crippen MR) is 108 cm³/mol. The number of aromatic nitrogens is 1. The van der Waals surface area contributed by atoms with Crippen LogP contribution in [0.4, 0.5) is 20.7 Å². The average Bonchev–Trinajstić information content (AvgIpc) is 2.68. The number of nitrogens with zero attached hydrogens (tertiary/aromatic N) is 1. The van der Waals surface area contributed by atoms with Gasteiger partial charge in [0.05, 0.1) is 5.69 Å². The van der Waals surface area contributed by atoms with Gasteiger partial charge in [-0.25, -0.2) is 14.2 Å². The zero-order valence-electron chi connectivity index (χ0n) is 16.0. The minimum atomic E-state index is -0.445. The van der Waals surface area contributed by atoms with Crippen LogP contribution in [0.2, 0.25) is 0 Å². The number of carbonyl (C=O) groups is 1. The van der Waals surface area contributed by atoms with Crippen LogP contribution in [0.3, 0.4) is 0 Å². The summed E-state index contributed by atoms with van der Waals surface area (Å²) in [5.41, 5.74) is 3.99. The van der Waals surface area contributed by atoms with Gasteiger partial charge in [-0.2, -0.15) is 0 Å². The molecule has 0 saturated carbocycles. The number of carbonyl (C=O) groups excluding carboxylic acids is 1. The van der Waals surface area contributed by atoms with Crippen LogP contribution in [0.5, 0.6) is 5.75 Å². The molecule has 0 aliphatic carbocycles. The van der Waals surface area contributed by atoms with Crippen LogP contribution in [-0.4, -0.2) is 11.0 Å². The number of nitrogens with one attached hydrogen (secondary N) is 2. The first-order valence-electron chi connectivity index (χ1n) is 8.92. The molecule has 0 atom stereocenters. The van der Waals surface area contributed by atoms with Gasteiger partial charge in [-0.3, -0.25) is 5.32 Å². The Hall–Kier alpha value is -3.41. The molecule has 3 aromatic rings. The van der Waals surface area contributed by atoms with E-state index >= 15 is 0 Å². The number of pyridine rings is 1. The lowest BCUT2D eigenvalue weighted by atomic mass is 10.1. The first kappa shape index (κ1) is 19.4. The van der Waals surface area contributed by atoms with Gasteiger partial charge in [0.25, 0.3) is 0 Å². The molecule has 0 saturated heterocycles. The van der Waals surface area contributed by atoms with Crippen LogP contribution in [-0.2, 0) is 6.61 Å². The van der Waals surface area contributed by atoms with E-state index in [0.29, 0.717) is 29.6 Å². The Labute approximate surface area is 163 Å². The molecule has 1 aromatic heterocycles. The van der Waals surface area contributed by atoms with Gasteiger partial charge in [0.2, 0.25) is 0 Å². The van der Waals surface area contributed by atoms with Gasteiger partial charge in [0.15, 0.2) is 0 Å². The molecule has 0 radical (unpaired) electrons. The Kier molecular flexibility index (Phi) is 5.89. The van der Waals surface area contributed by atoms with Gasteiger partial charge >= 0.3 is 6.03 Å². The number of rotatable bonds is 5. The van der Waals surface area contributed by atoms with E-state index in [0.717, 1.165) is 16.7 Å². The summed E-state index contributed by atoms with van der Waals surface area (Å²) in [6.07, 6.45) is 0. The molecule has 0 aliphatic heterocycles. The topological polar surface area (TPSA) is 63.2 Å². The molecule has 1 heterocycles. The van der Waals surface area contributed by atoms with E-state index in [4.69, 9.17) is 4.74 Å². The van der Waals surface area contributed by atoms with Crippen molar-refractivity contribution in [2.24, 2.45) is 0 Å². The van der Waals surface area contributed by atoms with Crippen molar-refractivity contribution in [1.29, 1.82) is 0 Å². The second-order valence-electron chi connectivity index (χ2n) is 6.49. The largest absolute Gasteiger partial charge is 0.487 e. The maximum atomic E-state index is 13.0. The van der Waals surface area contributed by atoms with Crippen LogP contribution < -0.4 is 15.4 Å². The molecule has 0 bridgehead atoms. The number of aryl methyl sites for hydroxylation is 1. The van der Waals surface area contributed by atoms with E-state index in [2.05, 4.69) is 15.6 Å². The molecule has 28 heavy (non-hydrogen) atoms. The fourth-order valence-electron chi connectivity index (χ4n) is 2.79. The standard InChI is InChI=1S/C22H22FN3O2/c1-14-15(2)21(26-22(27)25-19-11-9-18(23)10-12-19)24-16(3)20(14)28-13-17-7-5-4-6-8-17/h4-12H,13H2,1-3H3,(H2,24,25,26,27). The molecule has 0 fully saturated rings. The van der Waals surface area contributed by atoms with E-state index < -0.39 is 6.03 Å². The Morgan fingerprint density at radius 2 is 1.64 bits per heavy atom. The maximum Gasteiger partial charge on any atom is 0.324 e. The molecular formula is C22H22FN3O2. The summed E-state index contributed by atoms with van der Waals surface area (Å²) >= 11 is 0. The first-order valence-corrected chi connectivity index (χ1v) is 8.92. The summed E-state index contributed by atoms with van der Waals surface area (Å²) < 4.78 is 18.9. The van der Waals surface area contributed by atoms with Gasteiger partial charge in [-0.1, -0.05) is 30.3 Å². The second kappa shape index (κ2) is 8.52. The SMILES string of the molecule is Cc1nc(NC(=O)Nc2ccc(F)cc2)c(C)c(C)c1OCc1ccccc1. The maximum absolute atomic E-state index is 13.0. The third-order valence-electron chi connectivity index (χ3n) is 4.43. The van der Waals surface area contributed by atoms with Crippen molar-refractivity contribution in [1.82, 2.24) is 4.98 Å². The van der Waals surface area contributed by atoms with Crippen LogP contribution in [0.1, 0.15) is 22.4 Å². The van der Waals surface area contributed by atoms with Crippen molar-refractivity contribution in [3.8, 4) is 5.75 Å². The van der Waals surface area contributed by atoms with Crippen molar-refractivity contribution in [2.45, 2.75) is 27.4 Å². The monoisotopic (exact) mass is 379 g/mol. The Bertz CT molecular complexity index is 973. The third-order valence-corrected chi connectivity index (χ3v) is 4.43. The van der Waals surface area contributed by atoms with Crippen molar-refractivity contribution >= 4 is 17.5 Å². The van der Waals surface area contributed by atoms with Gasteiger partial charge in [0, 0.05) is 5.69 Å². The minimum Gasteiger partial charge on any atom is -0.487 e. The summed E-state index contributed by atoms with van der Waals surface area (Å²) in [6, 6.07) is 15.0. The highest BCUT2D eigenvalue weighted by Crippen LogP contribution is 2.29. The van der Waals surface area contributed by atoms with Crippen LogP contribution >= 0.6 is 0 Å². The first-order chi connectivity index (χ1) is 13.4. The number of benzene rings is 2. The Balaban J connectivity index is 1.72. The van der Waals surface area contributed by atoms with Gasteiger partial charge in [-0.15, -0.1) is 0 Å².